The van der Waals surface area contributed by atoms with Gasteiger partial charge in [0.05, 0.1) is 19.3 Å². The van der Waals surface area contributed by atoms with Crippen LogP contribution in [0.5, 0.6) is 0 Å². The van der Waals surface area contributed by atoms with Crippen molar-refractivity contribution in [2.75, 3.05) is 13.2 Å². The molecule has 16 heavy (non-hydrogen) atoms. The topological polar surface area (TPSA) is 52.5 Å². The maximum atomic E-state index is 12.9. The van der Waals surface area contributed by atoms with Gasteiger partial charge < -0.3 is 15.5 Å². The van der Waals surface area contributed by atoms with Gasteiger partial charge in [-0.15, -0.1) is 0 Å². The van der Waals surface area contributed by atoms with E-state index in [-0.39, 0.29) is 19.3 Å². The predicted octanol–water partition coefficient (Wildman–Crippen LogP) is 0.969. The van der Waals surface area contributed by atoms with E-state index in [1.54, 1.807) is 6.92 Å². The highest BCUT2D eigenvalue weighted by atomic mass is 19.2. The molecule has 0 aliphatic carbocycles. The summed E-state index contributed by atoms with van der Waals surface area (Å²) in [7, 11) is 0. The largest absolute Gasteiger partial charge is 0.395 e. The van der Waals surface area contributed by atoms with E-state index in [0.29, 0.717) is 5.56 Å². The van der Waals surface area contributed by atoms with Gasteiger partial charge in [-0.05, 0) is 24.6 Å². The smallest absolute Gasteiger partial charge is 0.159 e. The molecule has 0 fully saturated rings. The van der Waals surface area contributed by atoms with Crippen molar-refractivity contribution >= 4 is 0 Å². The predicted molar refractivity (Wildman–Crippen MR) is 55.9 cm³/mol. The van der Waals surface area contributed by atoms with Gasteiger partial charge in [0.2, 0.25) is 0 Å². The molecule has 0 saturated carbocycles. The van der Waals surface area contributed by atoms with Crippen LogP contribution < -0.4 is 5.32 Å². The van der Waals surface area contributed by atoms with Gasteiger partial charge in [0.1, 0.15) is 0 Å². The number of hydrogen-bond acceptors (Lipinski definition) is 3. The van der Waals surface area contributed by atoms with Crippen molar-refractivity contribution in [3.63, 3.8) is 0 Å². The number of benzene rings is 1. The fraction of sp³-hybridized carbons (Fsp3) is 0.455. The van der Waals surface area contributed by atoms with Crippen molar-refractivity contribution in [2.45, 2.75) is 19.0 Å². The van der Waals surface area contributed by atoms with Crippen LogP contribution in [-0.2, 0) is 0 Å². The molecule has 0 aliphatic heterocycles. The second kappa shape index (κ2) is 5.89. The van der Waals surface area contributed by atoms with Crippen LogP contribution in [0.4, 0.5) is 8.78 Å². The second-order valence-electron chi connectivity index (χ2n) is 3.62. The lowest BCUT2D eigenvalue weighted by Crippen LogP contribution is -2.37. The van der Waals surface area contributed by atoms with Gasteiger partial charge >= 0.3 is 0 Å². The lowest BCUT2D eigenvalue weighted by atomic mass is 10.1. The monoisotopic (exact) mass is 231 g/mol. The highest BCUT2D eigenvalue weighted by Crippen LogP contribution is 2.16. The Bertz CT molecular complexity index is 343. The molecule has 0 spiro atoms. The quantitative estimate of drug-likeness (QED) is 0.707. The Morgan fingerprint density at radius 2 is 1.81 bits per heavy atom. The first-order chi connectivity index (χ1) is 7.58. The number of aliphatic hydroxyl groups is 2. The Morgan fingerprint density at radius 3 is 2.31 bits per heavy atom. The van der Waals surface area contributed by atoms with E-state index in [4.69, 9.17) is 10.2 Å². The maximum Gasteiger partial charge on any atom is 0.159 e. The Kier molecular flexibility index (Phi) is 4.79. The van der Waals surface area contributed by atoms with Crippen LogP contribution in [0, 0.1) is 11.6 Å². The van der Waals surface area contributed by atoms with E-state index in [1.165, 1.54) is 6.07 Å². The van der Waals surface area contributed by atoms with Gasteiger partial charge in [-0.1, -0.05) is 6.07 Å². The molecule has 3 N–H and O–H groups in total. The minimum Gasteiger partial charge on any atom is -0.395 e. The maximum absolute atomic E-state index is 12.9. The van der Waals surface area contributed by atoms with Crippen molar-refractivity contribution < 1.29 is 19.0 Å². The van der Waals surface area contributed by atoms with Crippen LogP contribution in [0.2, 0.25) is 0 Å². The summed E-state index contributed by atoms with van der Waals surface area (Å²) in [5, 5.41) is 20.6. The Balaban J connectivity index is 2.72. The molecule has 0 amide bonds. The first-order valence-electron chi connectivity index (χ1n) is 5.01. The summed E-state index contributed by atoms with van der Waals surface area (Å²) in [5.74, 6) is -1.80. The zero-order valence-corrected chi connectivity index (χ0v) is 8.95. The number of hydrogen-bond donors (Lipinski definition) is 3. The van der Waals surface area contributed by atoms with E-state index in [2.05, 4.69) is 5.32 Å². The lowest BCUT2D eigenvalue weighted by Gasteiger charge is -2.20. The van der Waals surface area contributed by atoms with Crippen molar-refractivity contribution in [3.05, 3.63) is 35.4 Å². The summed E-state index contributed by atoms with van der Waals surface area (Å²) in [6.07, 6.45) is 0. The third-order valence-corrected chi connectivity index (χ3v) is 2.37. The number of aliphatic hydroxyl groups excluding tert-OH is 2. The third kappa shape index (κ3) is 3.23. The van der Waals surface area contributed by atoms with Crippen LogP contribution in [0.1, 0.15) is 18.5 Å². The molecule has 0 saturated heterocycles. The van der Waals surface area contributed by atoms with Crippen LogP contribution >= 0.6 is 0 Å². The Morgan fingerprint density at radius 1 is 1.19 bits per heavy atom. The molecule has 0 aromatic heterocycles. The Hall–Kier alpha value is -1.04. The van der Waals surface area contributed by atoms with Gasteiger partial charge in [0.15, 0.2) is 11.6 Å². The summed E-state index contributed by atoms with van der Waals surface area (Å²) in [6.45, 7) is 1.31. The molecular formula is C11H15F2NO2. The van der Waals surface area contributed by atoms with Crippen molar-refractivity contribution in [1.82, 2.24) is 5.32 Å². The van der Waals surface area contributed by atoms with Gasteiger partial charge in [-0.25, -0.2) is 8.78 Å². The molecule has 5 heteroatoms. The van der Waals surface area contributed by atoms with Gasteiger partial charge in [0.25, 0.3) is 0 Å². The Labute approximate surface area is 92.7 Å². The van der Waals surface area contributed by atoms with E-state index in [1.807, 2.05) is 0 Å². The summed E-state index contributed by atoms with van der Waals surface area (Å²) >= 11 is 0. The lowest BCUT2D eigenvalue weighted by molar-refractivity contribution is 0.163. The van der Waals surface area contributed by atoms with Crippen LogP contribution in [-0.4, -0.2) is 29.5 Å². The van der Waals surface area contributed by atoms with E-state index < -0.39 is 17.7 Å². The van der Waals surface area contributed by atoms with E-state index in [9.17, 15) is 8.78 Å². The molecule has 1 unspecified atom stereocenters. The SMILES string of the molecule is CC(NC(CO)CO)c1ccc(F)c(F)c1. The fourth-order valence-corrected chi connectivity index (χ4v) is 1.39. The highest BCUT2D eigenvalue weighted by molar-refractivity contribution is 5.20. The standard InChI is InChI=1S/C11H15F2NO2/c1-7(14-9(5-15)6-16)8-2-3-10(12)11(13)4-8/h2-4,7,9,14-16H,5-6H2,1H3. The second-order valence-corrected chi connectivity index (χ2v) is 3.62. The molecule has 0 radical (unpaired) electrons. The number of nitrogens with one attached hydrogen (secondary N) is 1. The van der Waals surface area contributed by atoms with Gasteiger partial charge in [-0.3, -0.25) is 0 Å². The molecule has 0 heterocycles. The zero-order valence-electron chi connectivity index (χ0n) is 8.95. The summed E-state index contributed by atoms with van der Waals surface area (Å²) in [6, 6.07) is 2.86. The molecule has 1 aromatic carbocycles. The van der Waals surface area contributed by atoms with Crippen molar-refractivity contribution in [3.8, 4) is 0 Å². The molecule has 90 valence electrons. The molecule has 0 aliphatic rings. The van der Waals surface area contributed by atoms with Crippen LogP contribution in [0.15, 0.2) is 18.2 Å². The zero-order chi connectivity index (χ0) is 12.1. The minimum atomic E-state index is -0.907. The summed E-state index contributed by atoms with van der Waals surface area (Å²) < 4.78 is 25.6. The molecule has 1 atom stereocenters. The minimum absolute atomic E-state index is 0.218. The summed E-state index contributed by atoms with van der Waals surface area (Å²) in [5.41, 5.74) is 0.561. The molecule has 3 nitrogen and oxygen atoms in total. The summed E-state index contributed by atoms with van der Waals surface area (Å²) in [4.78, 5) is 0. The highest BCUT2D eigenvalue weighted by Gasteiger charge is 2.13. The van der Waals surface area contributed by atoms with E-state index >= 15 is 0 Å². The van der Waals surface area contributed by atoms with E-state index in [0.717, 1.165) is 12.1 Å². The average molecular weight is 231 g/mol. The van der Waals surface area contributed by atoms with Crippen molar-refractivity contribution in [1.29, 1.82) is 0 Å². The fourth-order valence-electron chi connectivity index (χ4n) is 1.39. The average Bonchev–Trinajstić information content (AvgIpc) is 2.29. The first kappa shape index (κ1) is 13.0. The normalized spacial score (nSPS) is 13.1. The van der Waals surface area contributed by atoms with Crippen molar-refractivity contribution in [2.24, 2.45) is 0 Å². The molecule has 1 aromatic rings. The molecule has 1 rings (SSSR count). The number of halogens is 2. The van der Waals surface area contributed by atoms with Gasteiger partial charge in [0, 0.05) is 6.04 Å². The van der Waals surface area contributed by atoms with Crippen LogP contribution in [0.25, 0.3) is 0 Å². The third-order valence-electron chi connectivity index (χ3n) is 2.37. The van der Waals surface area contributed by atoms with Gasteiger partial charge in [-0.2, -0.15) is 0 Å². The molecule has 0 bridgehead atoms. The first-order valence-corrected chi connectivity index (χ1v) is 5.01. The van der Waals surface area contributed by atoms with Crippen LogP contribution in [0.3, 0.4) is 0 Å². The molecular weight excluding hydrogens is 216 g/mol. The number of rotatable bonds is 5.